The molecule has 2 amide bonds. The van der Waals surface area contributed by atoms with E-state index >= 15 is 0 Å². The lowest BCUT2D eigenvalue weighted by Gasteiger charge is -2.14. The monoisotopic (exact) mass is 358 g/mol. The van der Waals surface area contributed by atoms with E-state index in [-0.39, 0.29) is 18.1 Å². The van der Waals surface area contributed by atoms with Gasteiger partial charge in [0.2, 0.25) is 0 Å². The van der Waals surface area contributed by atoms with E-state index in [2.05, 4.69) is 10.6 Å². The van der Waals surface area contributed by atoms with Crippen molar-refractivity contribution in [2.45, 2.75) is 13.5 Å². The van der Waals surface area contributed by atoms with E-state index in [1.54, 1.807) is 25.3 Å². The minimum absolute atomic E-state index is 0.204. The number of carbonyl (C=O) groups excluding carboxylic acids is 1. The highest BCUT2D eigenvalue weighted by Crippen LogP contribution is 2.25. The molecule has 0 aliphatic rings. The fourth-order valence-electron chi connectivity index (χ4n) is 2.20. The number of aromatic carboxylic acids is 1. The summed E-state index contributed by atoms with van der Waals surface area (Å²) in [6, 6.07) is 11.4. The van der Waals surface area contributed by atoms with Crippen molar-refractivity contribution in [1.29, 1.82) is 0 Å². The van der Waals surface area contributed by atoms with Gasteiger partial charge in [-0.1, -0.05) is 18.2 Å². The first-order valence-corrected chi connectivity index (χ1v) is 8.09. The predicted octanol–water partition coefficient (Wildman–Crippen LogP) is 3.04. The summed E-state index contributed by atoms with van der Waals surface area (Å²) in [6.45, 7) is 3.05. The highest BCUT2D eigenvalue weighted by atomic mass is 16.5. The predicted molar refractivity (Wildman–Crippen MR) is 97.8 cm³/mol. The fraction of sp³-hybridized carbons (Fsp3) is 0.263. The highest BCUT2D eigenvalue weighted by molar-refractivity contribution is 5.91. The number of hydrogen-bond acceptors (Lipinski definition) is 4. The topological polar surface area (TPSA) is 96.9 Å². The first-order valence-electron chi connectivity index (χ1n) is 8.09. The van der Waals surface area contributed by atoms with Crippen LogP contribution in [-0.2, 0) is 11.3 Å². The van der Waals surface area contributed by atoms with E-state index in [4.69, 9.17) is 14.6 Å². The summed E-state index contributed by atoms with van der Waals surface area (Å²) in [5.41, 5.74) is 2.58. The Morgan fingerprint density at radius 1 is 1.08 bits per heavy atom. The van der Waals surface area contributed by atoms with Crippen LogP contribution in [-0.4, -0.2) is 37.4 Å². The molecule has 7 nitrogen and oxygen atoms in total. The second kappa shape index (κ2) is 9.43. The first-order chi connectivity index (χ1) is 12.5. The number of amides is 2. The smallest absolute Gasteiger partial charge is 0.335 e. The molecule has 0 aliphatic heterocycles. The van der Waals surface area contributed by atoms with Crippen molar-refractivity contribution in [3.05, 3.63) is 59.2 Å². The molecule has 0 aliphatic carbocycles. The molecule has 0 bridgehead atoms. The summed E-state index contributed by atoms with van der Waals surface area (Å²) >= 11 is 0. The van der Waals surface area contributed by atoms with E-state index in [0.717, 1.165) is 11.1 Å². The molecule has 2 rings (SSSR count). The number of rotatable bonds is 8. The second-order valence-corrected chi connectivity index (χ2v) is 5.65. The summed E-state index contributed by atoms with van der Waals surface area (Å²) in [7, 11) is 1.59. The zero-order valence-corrected chi connectivity index (χ0v) is 14.7. The maximum atomic E-state index is 12.1. The van der Waals surface area contributed by atoms with Crippen LogP contribution in [0.4, 0.5) is 10.5 Å². The third-order valence-electron chi connectivity index (χ3n) is 3.58. The van der Waals surface area contributed by atoms with E-state index in [9.17, 15) is 9.59 Å². The molecular formula is C19H22N2O5. The van der Waals surface area contributed by atoms with Crippen LogP contribution in [0.1, 0.15) is 21.5 Å². The van der Waals surface area contributed by atoms with Gasteiger partial charge in [-0.15, -0.1) is 0 Å². The van der Waals surface area contributed by atoms with Gasteiger partial charge in [0.1, 0.15) is 12.4 Å². The molecule has 2 aromatic carbocycles. The van der Waals surface area contributed by atoms with Crippen molar-refractivity contribution >= 4 is 17.7 Å². The molecule has 0 saturated heterocycles. The number of carbonyl (C=O) groups is 2. The molecule has 0 fully saturated rings. The normalized spacial score (nSPS) is 10.2. The Kier molecular flexibility index (Phi) is 6.99. The number of methoxy groups -OCH3 is 1. The number of carboxylic acid groups (broad SMARTS) is 1. The third kappa shape index (κ3) is 5.78. The molecule has 0 aromatic heterocycles. The third-order valence-corrected chi connectivity index (χ3v) is 3.58. The summed E-state index contributed by atoms with van der Waals surface area (Å²) in [5.74, 6) is -0.411. The van der Waals surface area contributed by atoms with Gasteiger partial charge in [-0.25, -0.2) is 9.59 Å². The Hall–Kier alpha value is -3.06. The van der Waals surface area contributed by atoms with Crippen molar-refractivity contribution in [3.8, 4) is 5.75 Å². The summed E-state index contributed by atoms with van der Waals surface area (Å²) < 4.78 is 10.6. The lowest BCUT2D eigenvalue weighted by atomic mass is 10.1. The van der Waals surface area contributed by atoms with Crippen molar-refractivity contribution in [2.75, 3.05) is 25.6 Å². The molecule has 0 unspecified atom stereocenters. The molecule has 138 valence electrons. The standard InChI is InChI=1S/C19H22N2O5/c1-13-3-8-16(17(11-13)26-10-9-25-2)21-19(24)20-12-14-4-6-15(7-5-14)18(22)23/h3-8,11H,9-10,12H2,1-2H3,(H,22,23)(H2,20,21,24). The van der Waals surface area contributed by atoms with Crippen molar-refractivity contribution < 1.29 is 24.2 Å². The Morgan fingerprint density at radius 3 is 2.46 bits per heavy atom. The molecule has 0 saturated carbocycles. The van der Waals surface area contributed by atoms with Crippen molar-refractivity contribution in [1.82, 2.24) is 5.32 Å². The van der Waals surface area contributed by atoms with Gasteiger partial charge in [-0.05, 0) is 42.3 Å². The average molecular weight is 358 g/mol. The number of urea groups is 1. The van der Waals surface area contributed by atoms with E-state index in [0.29, 0.717) is 24.7 Å². The minimum atomic E-state index is -0.984. The average Bonchev–Trinajstić information content (AvgIpc) is 2.62. The maximum absolute atomic E-state index is 12.1. The van der Waals surface area contributed by atoms with Crippen LogP contribution in [0.15, 0.2) is 42.5 Å². The van der Waals surface area contributed by atoms with Gasteiger partial charge in [0, 0.05) is 13.7 Å². The number of benzene rings is 2. The van der Waals surface area contributed by atoms with Crippen LogP contribution in [0.2, 0.25) is 0 Å². The molecule has 0 radical (unpaired) electrons. The van der Waals surface area contributed by atoms with E-state index in [1.807, 2.05) is 19.1 Å². The van der Waals surface area contributed by atoms with Gasteiger partial charge in [0.15, 0.2) is 0 Å². The molecule has 3 N–H and O–H groups in total. The number of carboxylic acids is 1. The molecule has 26 heavy (non-hydrogen) atoms. The van der Waals surface area contributed by atoms with Gasteiger partial charge in [-0.2, -0.15) is 0 Å². The minimum Gasteiger partial charge on any atom is -0.489 e. The van der Waals surface area contributed by atoms with E-state index < -0.39 is 5.97 Å². The number of nitrogens with one attached hydrogen (secondary N) is 2. The summed E-state index contributed by atoms with van der Waals surface area (Å²) in [6.07, 6.45) is 0. The first kappa shape index (κ1) is 19.3. The Balaban J connectivity index is 1.93. The maximum Gasteiger partial charge on any atom is 0.335 e. The van der Waals surface area contributed by atoms with Crippen molar-refractivity contribution in [3.63, 3.8) is 0 Å². The summed E-state index contributed by atoms with van der Waals surface area (Å²) in [5, 5.41) is 14.4. The molecule has 0 spiro atoms. The molecular weight excluding hydrogens is 336 g/mol. The van der Waals surface area contributed by atoms with Crippen LogP contribution in [0.25, 0.3) is 0 Å². The molecule has 7 heteroatoms. The zero-order chi connectivity index (χ0) is 18.9. The van der Waals surface area contributed by atoms with Gasteiger partial charge in [0.25, 0.3) is 0 Å². The van der Waals surface area contributed by atoms with Crippen LogP contribution >= 0.6 is 0 Å². The van der Waals surface area contributed by atoms with Gasteiger partial charge >= 0.3 is 12.0 Å². The largest absolute Gasteiger partial charge is 0.489 e. The number of ether oxygens (including phenoxy) is 2. The van der Waals surface area contributed by atoms with Gasteiger partial charge in [-0.3, -0.25) is 0 Å². The molecule has 0 heterocycles. The van der Waals surface area contributed by atoms with Crippen LogP contribution in [0.5, 0.6) is 5.75 Å². The lowest BCUT2D eigenvalue weighted by Crippen LogP contribution is -2.28. The fourth-order valence-corrected chi connectivity index (χ4v) is 2.20. The SMILES string of the molecule is COCCOc1cc(C)ccc1NC(=O)NCc1ccc(C(=O)O)cc1. The quantitative estimate of drug-likeness (QED) is 0.630. The second-order valence-electron chi connectivity index (χ2n) is 5.65. The van der Waals surface area contributed by atoms with Crippen molar-refractivity contribution in [2.24, 2.45) is 0 Å². The van der Waals surface area contributed by atoms with Gasteiger partial charge in [0.05, 0.1) is 17.9 Å². The lowest BCUT2D eigenvalue weighted by molar-refractivity contribution is 0.0697. The summed E-state index contributed by atoms with van der Waals surface area (Å²) in [4.78, 5) is 23.0. The molecule has 2 aromatic rings. The Morgan fingerprint density at radius 2 is 1.81 bits per heavy atom. The van der Waals surface area contributed by atoms with Crippen LogP contribution in [0.3, 0.4) is 0 Å². The zero-order valence-electron chi connectivity index (χ0n) is 14.7. The van der Waals surface area contributed by atoms with Crippen LogP contribution in [0, 0.1) is 6.92 Å². The number of hydrogen-bond donors (Lipinski definition) is 3. The number of aryl methyl sites for hydroxylation is 1. The highest BCUT2D eigenvalue weighted by Gasteiger charge is 2.09. The Bertz CT molecular complexity index is 759. The Labute approximate surface area is 151 Å². The van der Waals surface area contributed by atoms with Crippen LogP contribution < -0.4 is 15.4 Å². The molecule has 0 atom stereocenters. The van der Waals surface area contributed by atoms with Gasteiger partial charge < -0.3 is 25.2 Å². The van der Waals surface area contributed by atoms with E-state index in [1.165, 1.54) is 12.1 Å². The number of anilines is 1.